The maximum Gasteiger partial charge on any atom is 0.243 e. The summed E-state index contributed by atoms with van der Waals surface area (Å²) in [6.45, 7) is 6.95. The minimum atomic E-state index is -3.54. The Kier molecular flexibility index (Phi) is 11.3. The highest BCUT2D eigenvalue weighted by Crippen LogP contribution is 2.21. The molecule has 0 aliphatic heterocycles. The highest BCUT2D eigenvalue weighted by atomic mass is 32.2. The van der Waals surface area contributed by atoms with E-state index in [2.05, 4.69) is 5.32 Å². The average Bonchev–Trinajstić information content (AvgIpc) is 2.92. The number of nitrogens with one attached hydrogen (secondary N) is 1. The quantitative estimate of drug-likeness (QED) is 0.301. The molecule has 0 radical (unpaired) electrons. The summed E-state index contributed by atoms with van der Waals surface area (Å²) in [6, 6.07) is 25.9. The summed E-state index contributed by atoms with van der Waals surface area (Å²) in [5, 5.41) is 3.02. The smallest absolute Gasteiger partial charge is 0.243 e. The molecule has 0 bridgehead atoms. The van der Waals surface area contributed by atoms with Gasteiger partial charge in [-0.2, -0.15) is 0 Å². The standard InChI is InChI=1S/C32H41N3O4S/c1-25(2)23-33-32(37)30(22-27-12-7-5-8-13-27)34(24-28-14-9-6-10-15-28)31(36)16-11-21-35(40(4,38)39)29-19-17-26(3)18-20-29/h5-10,12-15,17-20,25,30H,11,16,21-24H2,1-4H3,(H,33,37). The number of sulfonamides is 1. The molecule has 0 saturated carbocycles. The van der Waals surface area contributed by atoms with Gasteiger partial charge in [-0.3, -0.25) is 13.9 Å². The van der Waals surface area contributed by atoms with Gasteiger partial charge >= 0.3 is 0 Å². The SMILES string of the molecule is Cc1ccc(N(CCCC(=O)N(Cc2ccccc2)C(Cc2ccccc2)C(=O)NCC(C)C)S(C)(=O)=O)cc1. The molecule has 0 saturated heterocycles. The molecule has 3 aromatic rings. The van der Waals surface area contributed by atoms with Gasteiger partial charge < -0.3 is 10.2 Å². The van der Waals surface area contributed by atoms with Crippen LogP contribution in [0.15, 0.2) is 84.9 Å². The van der Waals surface area contributed by atoms with E-state index in [9.17, 15) is 18.0 Å². The number of amides is 2. The first kappa shape index (κ1) is 30.9. The summed E-state index contributed by atoms with van der Waals surface area (Å²) in [7, 11) is -3.54. The van der Waals surface area contributed by atoms with Gasteiger partial charge in [0.2, 0.25) is 21.8 Å². The third-order valence-corrected chi connectivity index (χ3v) is 7.82. The summed E-state index contributed by atoms with van der Waals surface area (Å²) in [6.07, 6.45) is 1.97. The van der Waals surface area contributed by atoms with Crippen LogP contribution in [0.1, 0.15) is 43.4 Å². The van der Waals surface area contributed by atoms with Crippen molar-refractivity contribution in [2.45, 2.75) is 52.6 Å². The number of carbonyl (C=O) groups excluding carboxylic acids is 2. The highest BCUT2D eigenvalue weighted by Gasteiger charge is 2.30. The van der Waals surface area contributed by atoms with Crippen molar-refractivity contribution in [2.24, 2.45) is 5.92 Å². The Balaban J connectivity index is 1.85. The van der Waals surface area contributed by atoms with Crippen molar-refractivity contribution < 1.29 is 18.0 Å². The summed E-state index contributed by atoms with van der Waals surface area (Å²) in [4.78, 5) is 29.0. The minimum absolute atomic E-state index is 0.105. The van der Waals surface area contributed by atoms with Gasteiger partial charge in [0.15, 0.2) is 0 Å². The van der Waals surface area contributed by atoms with Gasteiger partial charge in [0.25, 0.3) is 0 Å². The molecular weight excluding hydrogens is 522 g/mol. The van der Waals surface area contributed by atoms with Crippen LogP contribution in [0.4, 0.5) is 5.69 Å². The average molecular weight is 564 g/mol. The molecule has 3 aromatic carbocycles. The predicted octanol–water partition coefficient (Wildman–Crippen LogP) is 4.95. The van der Waals surface area contributed by atoms with Crippen LogP contribution < -0.4 is 9.62 Å². The first-order valence-corrected chi connectivity index (χ1v) is 15.6. The second-order valence-electron chi connectivity index (χ2n) is 10.6. The number of hydrogen-bond acceptors (Lipinski definition) is 4. The van der Waals surface area contributed by atoms with E-state index in [1.807, 2.05) is 93.6 Å². The Morgan fingerprint density at radius 1 is 0.850 bits per heavy atom. The molecule has 1 unspecified atom stereocenters. The van der Waals surface area contributed by atoms with Gasteiger partial charge in [-0.15, -0.1) is 0 Å². The number of anilines is 1. The number of rotatable bonds is 14. The topological polar surface area (TPSA) is 86.8 Å². The van der Waals surface area contributed by atoms with E-state index in [4.69, 9.17) is 0 Å². The van der Waals surface area contributed by atoms with Crippen molar-refractivity contribution in [3.05, 3.63) is 102 Å². The normalized spacial score (nSPS) is 12.1. The first-order valence-electron chi connectivity index (χ1n) is 13.7. The van der Waals surface area contributed by atoms with Crippen molar-refractivity contribution in [2.75, 3.05) is 23.7 Å². The molecule has 214 valence electrons. The van der Waals surface area contributed by atoms with Crippen LogP contribution in [-0.2, 0) is 32.6 Å². The van der Waals surface area contributed by atoms with E-state index in [1.54, 1.807) is 17.0 Å². The summed E-state index contributed by atoms with van der Waals surface area (Å²) in [5.41, 5.74) is 3.48. The molecule has 0 aromatic heterocycles. The second kappa shape index (κ2) is 14.7. The van der Waals surface area contributed by atoms with Gasteiger partial charge in [-0.05, 0) is 42.5 Å². The van der Waals surface area contributed by atoms with Crippen LogP contribution in [0.3, 0.4) is 0 Å². The van der Waals surface area contributed by atoms with Crippen LogP contribution in [-0.4, -0.2) is 50.5 Å². The van der Waals surface area contributed by atoms with Gasteiger partial charge in [0.1, 0.15) is 6.04 Å². The fraction of sp³-hybridized carbons (Fsp3) is 0.375. The summed E-state index contributed by atoms with van der Waals surface area (Å²) in [5.74, 6) is -0.121. The van der Waals surface area contributed by atoms with Crippen molar-refractivity contribution in [1.82, 2.24) is 10.2 Å². The number of carbonyl (C=O) groups is 2. The van der Waals surface area contributed by atoms with E-state index in [0.29, 0.717) is 25.1 Å². The lowest BCUT2D eigenvalue weighted by Crippen LogP contribution is -2.51. The van der Waals surface area contributed by atoms with Gasteiger partial charge in [-0.25, -0.2) is 8.42 Å². The Hall–Kier alpha value is -3.65. The number of hydrogen-bond donors (Lipinski definition) is 1. The second-order valence-corrected chi connectivity index (χ2v) is 12.5. The van der Waals surface area contributed by atoms with E-state index in [-0.39, 0.29) is 37.2 Å². The Morgan fingerprint density at radius 2 is 1.43 bits per heavy atom. The zero-order valence-corrected chi connectivity index (χ0v) is 24.7. The molecule has 0 aliphatic rings. The molecule has 7 nitrogen and oxygen atoms in total. The fourth-order valence-electron chi connectivity index (χ4n) is 4.47. The monoisotopic (exact) mass is 563 g/mol. The molecule has 40 heavy (non-hydrogen) atoms. The molecule has 1 N–H and O–H groups in total. The van der Waals surface area contributed by atoms with Crippen molar-refractivity contribution in [3.8, 4) is 0 Å². The summed E-state index contributed by atoms with van der Waals surface area (Å²) >= 11 is 0. The Morgan fingerprint density at radius 3 is 1.98 bits per heavy atom. The van der Waals surface area contributed by atoms with E-state index >= 15 is 0 Å². The van der Waals surface area contributed by atoms with Gasteiger partial charge in [-0.1, -0.05) is 92.2 Å². The first-order chi connectivity index (χ1) is 19.0. The largest absolute Gasteiger partial charge is 0.354 e. The molecule has 0 heterocycles. The van der Waals surface area contributed by atoms with Crippen LogP contribution in [0.25, 0.3) is 0 Å². The minimum Gasteiger partial charge on any atom is -0.354 e. The zero-order chi connectivity index (χ0) is 29.1. The van der Waals surface area contributed by atoms with Crippen molar-refractivity contribution >= 4 is 27.5 Å². The maximum atomic E-state index is 13.8. The molecule has 0 aliphatic carbocycles. The third-order valence-electron chi connectivity index (χ3n) is 6.63. The van der Waals surface area contributed by atoms with Crippen LogP contribution in [0, 0.1) is 12.8 Å². The van der Waals surface area contributed by atoms with E-state index < -0.39 is 16.1 Å². The number of aryl methyl sites for hydroxylation is 1. The molecule has 0 spiro atoms. The maximum absolute atomic E-state index is 13.8. The van der Waals surface area contributed by atoms with Gasteiger partial charge in [0.05, 0.1) is 11.9 Å². The Labute approximate surface area is 239 Å². The molecule has 3 rings (SSSR count). The molecule has 0 fully saturated rings. The lowest BCUT2D eigenvalue weighted by molar-refractivity contribution is -0.141. The van der Waals surface area contributed by atoms with E-state index in [1.165, 1.54) is 10.6 Å². The molecule has 2 amide bonds. The number of nitrogens with zero attached hydrogens (tertiary/aromatic N) is 2. The molecule has 8 heteroatoms. The van der Waals surface area contributed by atoms with Crippen molar-refractivity contribution in [3.63, 3.8) is 0 Å². The fourth-order valence-corrected chi connectivity index (χ4v) is 5.44. The van der Waals surface area contributed by atoms with Crippen molar-refractivity contribution in [1.29, 1.82) is 0 Å². The van der Waals surface area contributed by atoms with Crippen LogP contribution in [0.2, 0.25) is 0 Å². The molecule has 1 atom stereocenters. The number of benzene rings is 3. The summed E-state index contributed by atoms with van der Waals surface area (Å²) < 4.78 is 26.5. The molecular formula is C32H41N3O4S. The van der Waals surface area contributed by atoms with E-state index in [0.717, 1.165) is 16.7 Å². The lowest BCUT2D eigenvalue weighted by Gasteiger charge is -2.32. The van der Waals surface area contributed by atoms with Crippen LogP contribution in [0.5, 0.6) is 0 Å². The Bertz CT molecular complexity index is 1330. The lowest BCUT2D eigenvalue weighted by atomic mass is 10.0. The highest BCUT2D eigenvalue weighted by molar-refractivity contribution is 7.92. The van der Waals surface area contributed by atoms with Gasteiger partial charge in [0, 0.05) is 32.5 Å². The third kappa shape index (κ3) is 9.52. The van der Waals surface area contributed by atoms with Crippen LogP contribution >= 0.6 is 0 Å². The zero-order valence-electron chi connectivity index (χ0n) is 23.9. The predicted molar refractivity (Wildman–Crippen MR) is 161 cm³/mol.